The van der Waals surface area contributed by atoms with E-state index in [1.165, 1.54) is 13.2 Å². The van der Waals surface area contributed by atoms with Crippen LogP contribution in [0, 0.1) is 5.82 Å². The molecule has 0 amide bonds. The van der Waals surface area contributed by atoms with E-state index >= 15 is 0 Å². The molecule has 1 aromatic carbocycles. The first kappa shape index (κ1) is 11.0. The average Bonchev–Trinajstić information content (AvgIpc) is 2.76. The Labute approximate surface area is 91.5 Å². The lowest BCUT2D eigenvalue weighted by Gasteiger charge is -2.15. The zero-order valence-corrected chi connectivity index (χ0v) is 8.70. The van der Waals surface area contributed by atoms with Crippen LogP contribution in [0.1, 0.15) is 11.6 Å². The number of hydrogen-bond acceptors (Lipinski definition) is 5. The third-order valence-corrected chi connectivity index (χ3v) is 2.39. The number of aliphatic hydroxyl groups is 1. The SMILES string of the molecule is COc1c(C(N)CO)cc2c(c1F)OCO2. The minimum Gasteiger partial charge on any atom is -0.493 e. The molecule has 2 rings (SSSR count). The van der Waals surface area contributed by atoms with E-state index in [0.29, 0.717) is 5.56 Å². The zero-order chi connectivity index (χ0) is 11.7. The fourth-order valence-electron chi connectivity index (χ4n) is 1.59. The van der Waals surface area contributed by atoms with Crippen LogP contribution >= 0.6 is 0 Å². The lowest BCUT2D eigenvalue weighted by atomic mass is 10.1. The van der Waals surface area contributed by atoms with Crippen LogP contribution in [-0.4, -0.2) is 25.6 Å². The van der Waals surface area contributed by atoms with Crippen molar-refractivity contribution in [2.24, 2.45) is 5.73 Å². The maximum atomic E-state index is 13.9. The molecule has 1 heterocycles. The van der Waals surface area contributed by atoms with Gasteiger partial charge >= 0.3 is 0 Å². The number of ether oxygens (including phenoxy) is 3. The quantitative estimate of drug-likeness (QED) is 0.792. The monoisotopic (exact) mass is 229 g/mol. The van der Waals surface area contributed by atoms with Gasteiger partial charge in [-0.3, -0.25) is 0 Å². The van der Waals surface area contributed by atoms with Crippen LogP contribution in [0.2, 0.25) is 0 Å². The van der Waals surface area contributed by atoms with Crippen molar-refractivity contribution in [3.63, 3.8) is 0 Å². The second-order valence-electron chi connectivity index (χ2n) is 3.34. The first-order valence-corrected chi connectivity index (χ1v) is 4.71. The molecule has 0 aliphatic carbocycles. The molecule has 16 heavy (non-hydrogen) atoms. The molecule has 88 valence electrons. The van der Waals surface area contributed by atoms with Crippen molar-refractivity contribution >= 4 is 0 Å². The van der Waals surface area contributed by atoms with Crippen molar-refractivity contribution in [3.8, 4) is 17.2 Å². The van der Waals surface area contributed by atoms with Gasteiger partial charge in [0, 0.05) is 5.56 Å². The van der Waals surface area contributed by atoms with Gasteiger partial charge in [0.15, 0.2) is 11.5 Å². The highest BCUT2D eigenvalue weighted by Gasteiger charge is 2.27. The van der Waals surface area contributed by atoms with Crippen molar-refractivity contribution < 1.29 is 23.7 Å². The van der Waals surface area contributed by atoms with E-state index < -0.39 is 11.9 Å². The van der Waals surface area contributed by atoms with Gasteiger partial charge in [-0.2, -0.15) is 4.39 Å². The highest BCUT2D eigenvalue weighted by molar-refractivity contribution is 5.54. The van der Waals surface area contributed by atoms with Gasteiger partial charge in [0.1, 0.15) is 0 Å². The first-order chi connectivity index (χ1) is 7.69. The Bertz CT molecular complexity index is 410. The van der Waals surface area contributed by atoms with E-state index in [-0.39, 0.29) is 30.6 Å². The van der Waals surface area contributed by atoms with Crippen LogP contribution in [0.15, 0.2) is 6.07 Å². The number of hydrogen-bond donors (Lipinski definition) is 2. The molecule has 1 atom stereocenters. The van der Waals surface area contributed by atoms with Gasteiger partial charge in [-0.1, -0.05) is 0 Å². The van der Waals surface area contributed by atoms with E-state index in [1.54, 1.807) is 0 Å². The normalized spacial score (nSPS) is 15.0. The van der Waals surface area contributed by atoms with Gasteiger partial charge < -0.3 is 25.1 Å². The van der Waals surface area contributed by atoms with E-state index in [1.807, 2.05) is 0 Å². The number of methoxy groups -OCH3 is 1. The second-order valence-corrected chi connectivity index (χ2v) is 3.34. The number of nitrogens with two attached hydrogens (primary N) is 1. The Balaban J connectivity index is 2.56. The predicted octanol–water partition coefficient (Wildman–Crippen LogP) is 0.555. The van der Waals surface area contributed by atoms with E-state index in [2.05, 4.69) is 0 Å². The van der Waals surface area contributed by atoms with Gasteiger partial charge in [0.25, 0.3) is 0 Å². The van der Waals surface area contributed by atoms with Gasteiger partial charge in [-0.15, -0.1) is 0 Å². The molecule has 3 N–H and O–H groups in total. The molecule has 0 aromatic heterocycles. The number of fused-ring (bicyclic) bond motifs is 1. The molecule has 6 heteroatoms. The number of halogens is 1. The average molecular weight is 229 g/mol. The molecule has 1 unspecified atom stereocenters. The standard InChI is InChI=1S/C10H12FNO4/c1-14-9-5(6(12)3-13)2-7-10(8(9)11)16-4-15-7/h2,6,13H,3-4,12H2,1H3. The summed E-state index contributed by atoms with van der Waals surface area (Å²) in [6.45, 7) is -0.345. The van der Waals surface area contributed by atoms with Gasteiger partial charge in [0.05, 0.1) is 19.8 Å². The summed E-state index contributed by atoms with van der Waals surface area (Å²) in [5.74, 6) is -0.384. The summed E-state index contributed by atoms with van der Waals surface area (Å²) in [5, 5.41) is 8.97. The smallest absolute Gasteiger partial charge is 0.231 e. The highest BCUT2D eigenvalue weighted by Crippen LogP contribution is 2.43. The lowest BCUT2D eigenvalue weighted by Crippen LogP contribution is -2.16. The summed E-state index contributed by atoms with van der Waals surface area (Å²) in [4.78, 5) is 0. The summed E-state index contributed by atoms with van der Waals surface area (Å²) in [7, 11) is 1.33. The molecule has 1 aliphatic heterocycles. The topological polar surface area (TPSA) is 73.9 Å². The van der Waals surface area contributed by atoms with Gasteiger partial charge in [0.2, 0.25) is 18.4 Å². The Kier molecular flexibility index (Phi) is 2.84. The highest BCUT2D eigenvalue weighted by atomic mass is 19.1. The fourth-order valence-corrected chi connectivity index (χ4v) is 1.59. The molecule has 0 saturated carbocycles. The zero-order valence-electron chi connectivity index (χ0n) is 8.70. The minimum atomic E-state index is -0.723. The van der Waals surface area contributed by atoms with E-state index in [0.717, 1.165) is 0 Å². The molecular weight excluding hydrogens is 217 g/mol. The molecular formula is C10H12FNO4. The van der Waals surface area contributed by atoms with Crippen LogP contribution in [0.25, 0.3) is 0 Å². The summed E-state index contributed by atoms with van der Waals surface area (Å²) >= 11 is 0. The number of rotatable bonds is 3. The Hall–Kier alpha value is -1.53. The van der Waals surface area contributed by atoms with Crippen molar-refractivity contribution in [2.75, 3.05) is 20.5 Å². The summed E-state index contributed by atoms with van der Waals surface area (Å²) in [5.41, 5.74) is 5.99. The minimum absolute atomic E-state index is 0.0192. The fraction of sp³-hybridized carbons (Fsp3) is 0.400. The molecule has 1 aliphatic rings. The Morgan fingerprint density at radius 3 is 3.00 bits per heavy atom. The van der Waals surface area contributed by atoms with Crippen LogP contribution in [-0.2, 0) is 0 Å². The van der Waals surface area contributed by atoms with Crippen molar-refractivity contribution in [2.45, 2.75) is 6.04 Å². The molecule has 0 bridgehead atoms. The van der Waals surface area contributed by atoms with Crippen LogP contribution in [0.5, 0.6) is 17.2 Å². The number of aliphatic hydroxyl groups excluding tert-OH is 1. The second kappa shape index (κ2) is 4.15. The van der Waals surface area contributed by atoms with Crippen molar-refractivity contribution in [1.82, 2.24) is 0 Å². The first-order valence-electron chi connectivity index (χ1n) is 4.71. The summed E-state index contributed by atoms with van der Waals surface area (Å²) in [6.07, 6.45) is 0. The summed E-state index contributed by atoms with van der Waals surface area (Å²) < 4.78 is 28.8. The molecule has 5 nitrogen and oxygen atoms in total. The van der Waals surface area contributed by atoms with Gasteiger partial charge in [-0.25, -0.2) is 0 Å². The maximum Gasteiger partial charge on any atom is 0.231 e. The predicted molar refractivity (Wildman–Crippen MR) is 53.1 cm³/mol. The maximum absolute atomic E-state index is 13.9. The Morgan fingerprint density at radius 2 is 2.38 bits per heavy atom. The van der Waals surface area contributed by atoms with Crippen LogP contribution in [0.3, 0.4) is 0 Å². The molecule has 0 spiro atoms. The van der Waals surface area contributed by atoms with Crippen LogP contribution in [0.4, 0.5) is 4.39 Å². The van der Waals surface area contributed by atoms with Crippen LogP contribution < -0.4 is 19.9 Å². The molecule has 0 radical (unpaired) electrons. The lowest BCUT2D eigenvalue weighted by molar-refractivity contribution is 0.170. The van der Waals surface area contributed by atoms with E-state index in [4.69, 9.17) is 25.1 Å². The van der Waals surface area contributed by atoms with Crippen molar-refractivity contribution in [3.05, 3.63) is 17.4 Å². The number of benzene rings is 1. The van der Waals surface area contributed by atoms with E-state index in [9.17, 15) is 4.39 Å². The van der Waals surface area contributed by atoms with Gasteiger partial charge in [-0.05, 0) is 6.07 Å². The molecule has 0 fully saturated rings. The summed E-state index contributed by atoms with van der Waals surface area (Å²) in [6, 6.07) is 0.796. The third-order valence-electron chi connectivity index (χ3n) is 2.39. The third kappa shape index (κ3) is 1.56. The van der Waals surface area contributed by atoms with Crippen molar-refractivity contribution in [1.29, 1.82) is 0 Å². The molecule has 0 saturated heterocycles. The Morgan fingerprint density at radius 1 is 1.62 bits per heavy atom. The largest absolute Gasteiger partial charge is 0.493 e. The molecule has 1 aromatic rings.